The maximum Gasteiger partial charge on any atom is 0.305 e. The van der Waals surface area contributed by atoms with Crippen LogP contribution in [-0.2, 0) is 25.6 Å². The Balaban J connectivity index is 0.0000189. The molecule has 0 aromatic carbocycles. The molecule has 0 bridgehead atoms. The molecule has 0 spiro atoms. The molecule has 1 aromatic rings. The van der Waals surface area contributed by atoms with Crippen molar-refractivity contribution in [3.63, 3.8) is 0 Å². The summed E-state index contributed by atoms with van der Waals surface area (Å²) >= 11 is 0. The molecule has 0 fully saturated rings. The second kappa shape index (κ2) is 48.1. The largest absolute Gasteiger partial charge is 0.465 e. The summed E-state index contributed by atoms with van der Waals surface area (Å²) in [6.45, 7) is 20.5. The zero-order valence-corrected chi connectivity index (χ0v) is 43.5. The Morgan fingerprint density at radius 2 is 0.825 bits per heavy atom. The second-order valence-corrected chi connectivity index (χ2v) is 19.0. The van der Waals surface area contributed by atoms with Gasteiger partial charge in [-0.2, -0.15) is 0 Å². The van der Waals surface area contributed by atoms with Gasteiger partial charge < -0.3 is 18.9 Å². The number of carbonyl (C=O) groups excluding carboxylic acids is 2. The topological polar surface area (TPSA) is 73.7 Å². The molecule has 2 atom stereocenters. The average molecular weight is 889 g/mol. The van der Waals surface area contributed by atoms with Gasteiger partial charge in [0.15, 0.2) is 0 Å². The number of carbonyl (C=O) groups is 2. The average Bonchev–Trinajstić information content (AvgIpc) is 3.71. The smallest absolute Gasteiger partial charge is 0.305 e. The van der Waals surface area contributed by atoms with Crippen LogP contribution in [0, 0.1) is 18.8 Å². The number of esters is 2. The van der Waals surface area contributed by atoms with E-state index in [1.54, 1.807) is 0 Å². The van der Waals surface area contributed by atoms with Gasteiger partial charge >= 0.3 is 11.9 Å². The van der Waals surface area contributed by atoms with Gasteiger partial charge in [0, 0.05) is 31.8 Å². The summed E-state index contributed by atoms with van der Waals surface area (Å²) < 4.78 is 14.0. The lowest BCUT2D eigenvalue weighted by Crippen LogP contribution is -2.28. The van der Waals surface area contributed by atoms with Crippen molar-refractivity contribution in [1.82, 2.24) is 14.5 Å². The van der Waals surface area contributed by atoms with Crippen LogP contribution < -0.4 is 0 Å². The summed E-state index contributed by atoms with van der Waals surface area (Å²) in [6.07, 6.45) is 47.4. The first-order chi connectivity index (χ1) is 30.9. The maximum absolute atomic E-state index is 12.8. The monoisotopic (exact) mass is 888 g/mol. The van der Waals surface area contributed by atoms with Gasteiger partial charge in [-0.3, -0.25) is 9.59 Å². The van der Waals surface area contributed by atoms with Crippen molar-refractivity contribution in [2.45, 2.75) is 286 Å². The van der Waals surface area contributed by atoms with Crippen molar-refractivity contribution in [2.24, 2.45) is 11.8 Å². The lowest BCUT2D eigenvalue weighted by atomic mass is 9.95. The Kier molecular flexibility index (Phi) is 46.6. The highest BCUT2D eigenvalue weighted by molar-refractivity contribution is 5.69. The van der Waals surface area contributed by atoms with E-state index >= 15 is 0 Å². The first-order valence-electron chi connectivity index (χ1n) is 27.9. The van der Waals surface area contributed by atoms with Crippen molar-refractivity contribution < 1.29 is 19.1 Å². The molecule has 0 saturated heterocycles. The zero-order chi connectivity index (χ0) is 46.3. The molecule has 7 nitrogen and oxygen atoms in total. The Bertz CT molecular complexity index is 1090. The van der Waals surface area contributed by atoms with Crippen LogP contribution in [0.25, 0.3) is 0 Å². The highest BCUT2D eigenvalue weighted by atomic mass is 16.5. The van der Waals surface area contributed by atoms with Crippen molar-refractivity contribution in [3.8, 4) is 0 Å². The van der Waals surface area contributed by atoms with Crippen LogP contribution in [0.1, 0.15) is 279 Å². The van der Waals surface area contributed by atoms with E-state index in [0.29, 0.717) is 37.9 Å². The van der Waals surface area contributed by atoms with E-state index in [1.165, 1.54) is 173 Å². The minimum atomic E-state index is -0.00435. The third-order valence-corrected chi connectivity index (χ3v) is 13.1. The second-order valence-electron chi connectivity index (χ2n) is 19.0. The number of imidazole rings is 1. The summed E-state index contributed by atoms with van der Waals surface area (Å²) in [5.74, 6) is 2.11. The molecule has 0 N–H and O–H groups in total. The van der Waals surface area contributed by atoms with E-state index in [4.69, 9.17) is 9.47 Å². The number of unbranched alkanes of at least 4 members (excludes halogenated alkanes) is 23. The zero-order valence-electron chi connectivity index (χ0n) is 43.5. The van der Waals surface area contributed by atoms with Gasteiger partial charge in [-0.05, 0) is 96.2 Å². The van der Waals surface area contributed by atoms with Crippen molar-refractivity contribution in [1.29, 1.82) is 0 Å². The maximum atomic E-state index is 12.8. The summed E-state index contributed by atoms with van der Waals surface area (Å²) in [5.41, 5.74) is 0. The third kappa shape index (κ3) is 40.1. The first-order valence-corrected chi connectivity index (χ1v) is 27.9. The third-order valence-electron chi connectivity index (χ3n) is 13.1. The van der Waals surface area contributed by atoms with Gasteiger partial charge in [-0.15, -0.1) is 0 Å². The van der Waals surface area contributed by atoms with Crippen LogP contribution in [0.15, 0.2) is 12.4 Å². The fourth-order valence-electron chi connectivity index (χ4n) is 8.87. The van der Waals surface area contributed by atoms with Crippen LogP contribution in [0.5, 0.6) is 0 Å². The van der Waals surface area contributed by atoms with Crippen LogP contribution >= 0.6 is 0 Å². The lowest BCUT2D eigenvalue weighted by Gasteiger charge is -2.22. The number of hydrogen-bond donors (Lipinski definition) is 0. The molecular weight excluding hydrogens is 779 g/mol. The molecule has 0 aliphatic carbocycles. The van der Waals surface area contributed by atoms with Crippen LogP contribution in [0.4, 0.5) is 0 Å². The molecule has 0 aliphatic heterocycles. The number of hydrogen-bond acceptors (Lipinski definition) is 6. The molecule has 1 heterocycles. The standard InChI is InChI=1S/C54H103N3O4.C2H6/c1-6-10-14-18-20-23-29-38-51(36-27-17-13-9-4)48-60-53(58)40-31-25-33-43-56(45-35-46-57-47-42-55-50(57)5)44-34-26-32-41-54(59)61-49-52(37-28-22-16-12-8-3)39-30-24-21-19-15-11-7-2;1-2/h42,47,51-52H,6-41,43-46,48-49H2,1-5H3;1-2H3. The van der Waals surface area contributed by atoms with Crippen molar-refractivity contribution in [3.05, 3.63) is 18.2 Å². The predicted octanol–water partition coefficient (Wildman–Crippen LogP) is 17.0. The molecule has 7 heteroatoms. The molecule has 1 rings (SSSR count). The van der Waals surface area contributed by atoms with Crippen molar-refractivity contribution in [2.75, 3.05) is 32.8 Å². The van der Waals surface area contributed by atoms with E-state index in [-0.39, 0.29) is 11.9 Å². The summed E-state index contributed by atoms with van der Waals surface area (Å²) in [5, 5.41) is 0. The number of rotatable bonds is 47. The predicted molar refractivity (Wildman–Crippen MR) is 273 cm³/mol. The van der Waals surface area contributed by atoms with Gasteiger partial charge in [0.2, 0.25) is 0 Å². The molecule has 0 radical (unpaired) electrons. The number of aryl methyl sites for hydroxylation is 2. The number of ether oxygens (including phenoxy) is 2. The van der Waals surface area contributed by atoms with Crippen LogP contribution in [0.2, 0.25) is 0 Å². The number of aromatic nitrogens is 2. The molecule has 0 saturated carbocycles. The quantitative estimate of drug-likeness (QED) is 0.0479. The van der Waals surface area contributed by atoms with Gasteiger partial charge in [-0.25, -0.2) is 4.98 Å². The Morgan fingerprint density at radius 1 is 0.492 bits per heavy atom. The highest BCUT2D eigenvalue weighted by Gasteiger charge is 2.15. The lowest BCUT2D eigenvalue weighted by molar-refractivity contribution is -0.146. The van der Waals surface area contributed by atoms with E-state index in [2.05, 4.69) is 55.3 Å². The van der Waals surface area contributed by atoms with E-state index in [1.807, 2.05) is 20.0 Å². The SMILES string of the molecule is CC.CCCCCCCCCC(CCCCCC)COC(=O)CCCCCN(CCCCCC(=O)OCC(CCCCCCC)CCCCCCCCC)CCCn1ccnc1C. The summed E-state index contributed by atoms with van der Waals surface area (Å²) in [4.78, 5) is 32.6. The minimum absolute atomic E-state index is 0.00251. The van der Waals surface area contributed by atoms with E-state index in [0.717, 1.165) is 76.9 Å². The molecule has 1 aromatic heterocycles. The normalized spacial score (nSPS) is 12.3. The van der Waals surface area contributed by atoms with Crippen LogP contribution in [0.3, 0.4) is 0 Å². The highest BCUT2D eigenvalue weighted by Crippen LogP contribution is 2.22. The Hall–Kier alpha value is -1.89. The Labute approximate surface area is 393 Å². The Morgan fingerprint density at radius 3 is 1.19 bits per heavy atom. The van der Waals surface area contributed by atoms with Gasteiger partial charge in [0.25, 0.3) is 0 Å². The fraction of sp³-hybridized carbons (Fsp3) is 0.911. The van der Waals surface area contributed by atoms with Crippen molar-refractivity contribution >= 4 is 11.9 Å². The van der Waals surface area contributed by atoms with Gasteiger partial charge in [0.1, 0.15) is 5.82 Å². The fourth-order valence-corrected chi connectivity index (χ4v) is 8.87. The minimum Gasteiger partial charge on any atom is -0.465 e. The van der Waals surface area contributed by atoms with Gasteiger partial charge in [0.05, 0.1) is 13.2 Å². The molecule has 0 amide bonds. The number of nitrogens with zero attached hydrogens (tertiary/aromatic N) is 3. The summed E-state index contributed by atoms with van der Waals surface area (Å²) in [7, 11) is 0. The first kappa shape index (κ1) is 61.1. The molecule has 0 aliphatic rings. The van der Waals surface area contributed by atoms with E-state index in [9.17, 15) is 9.59 Å². The summed E-state index contributed by atoms with van der Waals surface area (Å²) in [6, 6.07) is 0. The van der Waals surface area contributed by atoms with Crippen LogP contribution in [-0.4, -0.2) is 59.2 Å². The molecular formula is C56H109N3O4. The van der Waals surface area contributed by atoms with E-state index < -0.39 is 0 Å². The molecule has 63 heavy (non-hydrogen) atoms. The van der Waals surface area contributed by atoms with Gasteiger partial charge in [-0.1, -0.05) is 202 Å². The molecule has 372 valence electrons. The molecule has 2 unspecified atom stereocenters.